The Hall–Kier alpha value is -0.780. The number of nitrogens with zero attached hydrogens (tertiary/aromatic N) is 1. The van der Waals surface area contributed by atoms with Crippen molar-refractivity contribution in [2.45, 2.75) is 25.8 Å². The fourth-order valence-electron chi connectivity index (χ4n) is 3.18. The van der Waals surface area contributed by atoms with Gasteiger partial charge in [0.05, 0.1) is 4.47 Å². The number of ether oxygens (including phenoxy) is 2. The Morgan fingerprint density at radius 3 is 3.05 bits per heavy atom. The molecule has 2 unspecified atom stereocenters. The number of likely N-dealkylation sites (tertiary alicyclic amines) is 1. The first-order chi connectivity index (χ1) is 9.69. The van der Waals surface area contributed by atoms with E-state index in [1.165, 1.54) is 18.4 Å². The van der Waals surface area contributed by atoms with Crippen molar-refractivity contribution in [2.24, 2.45) is 11.7 Å². The lowest BCUT2D eigenvalue weighted by molar-refractivity contribution is 0.133. The molecule has 2 N–H and O–H groups in total. The predicted octanol–water partition coefficient (Wildman–Crippen LogP) is 2.91. The number of benzene rings is 1. The Morgan fingerprint density at radius 1 is 1.45 bits per heavy atom. The molecule has 2 heterocycles. The third-order valence-electron chi connectivity index (χ3n) is 4.19. The number of halogens is 1. The van der Waals surface area contributed by atoms with Crippen molar-refractivity contribution >= 4 is 15.9 Å². The van der Waals surface area contributed by atoms with Gasteiger partial charge in [0, 0.05) is 19.1 Å². The quantitative estimate of drug-likeness (QED) is 0.918. The average Bonchev–Trinajstić information content (AvgIpc) is 2.88. The van der Waals surface area contributed by atoms with Gasteiger partial charge >= 0.3 is 0 Å². The summed E-state index contributed by atoms with van der Waals surface area (Å²) >= 11 is 3.57. The Kier molecular flexibility index (Phi) is 4.19. The van der Waals surface area contributed by atoms with Gasteiger partial charge < -0.3 is 15.2 Å². The Morgan fingerprint density at radius 2 is 2.30 bits per heavy atom. The largest absolute Gasteiger partial charge is 0.454 e. The summed E-state index contributed by atoms with van der Waals surface area (Å²) in [6.07, 6.45) is 2.57. The normalized spacial score (nSPS) is 23.9. The van der Waals surface area contributed by atoms with E-state index in [0.29, 0.717) is 13.3 Å². The molecule has 4 nitrogen and oxygen atoms in total. The fraction of sp³-hybridized carbons (Fsp3) is 0.600. The molecule has 2 atom stereocenters. The molecule has 0 saturated carbocycles. The van der Waals surface area contributed by atoms with Crippen LogP contribution in [0.5, 0.6) is 11.5 Å². The van der Waals surface area contributed by atoms with E-state index in [9.17, 15) is 0 Å². The van der Waals surface area contributed by atoms with Crippen molar-refractivity contribution in [2.75, 3.05) is 26.4 Å². The van der Waals surface area contributed by atoms with Gasteiger partial charge in [-0.15, -0.1) is 0 Å². The van der Waals surface area contributed by atoms with Crippen molar-refractivity contribution in [1.29, 1.82) is 0 Å². The van der Waals surface area contributed by atoms with E-state index >= 15 is 0 Å². The van der Waals surface area contributed by atoms with Crippen LogP contribution < -0.4 is 15.2 Å². The molecule has 0 amide bonds. The number of piperidine rings is 1. The second kappa shape index (κ2) is 5.92. The number of rotatable bonds is 3. The summed E-state index contributed by atoms with van der Waals surface area (Å²) in [7, 11) is 0. The van der Waals surface area contributed by atoms with Crippen molar-refractivity contribution in [3.05, 3.63) is 22.2 Å². The lowest BCUT2D eigenvalue weighted by Gasteiger charge is -2.37. The molecule has 0 bridgehead atoms. The standard InChI is InChI=1S/C15H21BrN2O2/c1-10-3-2-4-18(8-10)13(7-17)11-5-12(16)15-14(6-11)19-9-20-15/h5-6,10,13H,2-4,7-9,17H2,1H3. The van der Waals surface area contributed by atoms with Crippen LogP contribution in [0.2, 0.25) is 0 Å². The maximum absolute atomic E-state index is 6.05. The number of hydrogen-bond donors (Lipinski definition) is 1. The molecule has 0 radical (unpaired) electrons. The summed E-state index contributed by atoms with van der Waals surface area (Å²) in [4.78, 5) is 2.50. The van der Waals surface area contributed by atoms with E-state index in [1.54, 1.807) is 0 Å². The molecule has 110 valence electrons. The highest BCUT2D eigenvalue weighted by molar-refractivity contribution is 9.10. The first-order valence-electron chi connectivity index (χ1n) is 7.22. The highest BCUT2D eigenvalue weighted by Gasteiger charge is 2.27. The van der Waals surface area contributed by atoms with E-state index in [1.807, 2.05) is 0 Å². The van der Waals surface area contributed by atoms with Crippen LogP contribution in [0.25, 0.3) is 0 Å². The zero-order valence-corrected chi connectivity index (χ0v) is 13.4. The maximum Gasteiger partial charge on any atom is 0.231 e. The molecule has 0 aromatic heterocycles. The second-order valence-electron chi connectivity index (χ2n) is 5.73. The molecule has 0 spiro atoms. The van der Waals surface area contributed by atoms with Crippen LogP contribution in [0, 0.1) is 5.92 Å². The van der Waals surface area contributed by atoms with Gasteiger partial charge in [0.2, 0.25) is 6.79 Å². The molecular formula is C15H21BrN2O2. The molecule has 5 heteroatoms. The summed E-state index contributed by atoms with van der Waals surface area (Å²) in [5.74, 6) is 2.37. The van der Waals surface area contributed by atoms with Crippen LogP contribution >= 0.6 is 15.9 Å². The third-order valence-corrected chi connectivity index (χ3v) is 4.78. The fourth-order valence-corrected chi connectivity index (χ4v) is 3.76. The van der Waals surface area contributed by atoms with Gasteiger partial charge in [0.25, 0.3) is 0 Å². The van der Waals surface area contributed by atoms with Crippen LogP contribution in [0.15, 0.2) is 16.6 Å². The Balaban J connectivity index is 1.87. The van der Waals surface area contributed by atoms with Crippen molar-refractivity contribution in [3.8, 4) is 11.5 Å². The lowest BCUT2D eigenvalue weighted by Crippen LogP contribution is -2.40. The molecular weight excluding hydrogens is 320 g/mol. The summed E-state index contributed by atoms with van der Waals surface area (Å²) in [5, 5.41) is 0. The highest BCUT2D eigenvalue weighted by atomic mass is 79.9. The van der Waals surface area contributed by atoms with Gasteiger partial charge in [0.15, 0.2) is 11.5 Å². The minimum atomic E-state index is 0.253. The van der Waals surface area contributed by atoms with Gasteiger partial charge in [-0.1, -0.05) is 6.92 Å². The van der Waals surface area contributed by atoms with Gasteiger partial charge in [0.1, 0.15) is 0 Å². The summed E-state index contributed by atoms with van der Waals surface area (Å²) in [6, 6.07) is 4.44. The van der Waals surface area contributed by atoms with E-state index in [4.69, 9.17) is 15.2 Å². The van der Waals surface area contributed by atoms with Crippen molar-refractivity contribution < 1.29 is 9.47 Å². The predicted molar refractivity (Wildman–Crippen MR) is 82.0 cm³/mol. The second-order valence-corrected chi connectivity index (χ2v) is 6.58. The topological polar surface area (TPSA) is 47.7 Å². The van der Waals surface area contributed by atoms with Crippen LogP contribution in [0.4, 0.5) is 0 Å². The maximum atomic E-state index is 6.05. The lowest BCUT2D eigenvalue weighted by atomic mass is 9.96. The molecule has 0 aliphatic carbocycles. The number of nitrogens with two attached hydrogens (primary N) is 1. The summed E-state index contributed by atoms with van der Waals surface area (Å²) in [5.41, 5.74) is 7.25. The van der Waals surface area contributed by atoms with E-state index in [-0.39, 0.29) is 6.04 Å². The highest BCUT2D eigenvalue weighted by Crippen LogP contribution is 2.42. The van der Waals surface area contributed by atoms with E-state index in [2.05, 4.69) is 39.9 Å². The zero-order valence-electron chi connectivity index (χ0n) is 11.8. The van der Waals surface area contributed by atoms with Gasteiger partial charge in [-0.05, 0) is 58.9 Å². The van der Waals surface area contributed by atoms with Gasteiger partial charge in [-0.3, -0.25) is 4.90 Å². The third kappa shape index (κ3) is 2.67. The zero-order chi connectivity index (χ0) is 14.1. The summed E-state index contributed by atoms with van der Waals surface area (Å²) in [6.45, 7) is 5.48. The summed E-state index contributed by atoms with van der Waals surface area (Å²) < 4.78 is 11.9. The Labute approximate surface area is 128 Å². The molecule has 2 aliphatic rings. The molecule has 1 aromatic carbocycles. The minimum absolute atomic E-state index is 0.253. The molecule has 2 aliphatic heterocycles. The number of fused-ring (bicyclic) bond motifs is 1. The first-order valence-corrected chi connectivity index (χ1v) is 8.01. The van der Waals surface area contributed by atoms with Crippen LogP contribution in [-0.4, -0.2) is 31.3 Å². The average molecular weight is 341 g/mol. The van der Waals surface area contributed by atoms with E-state index < -0.39 is 0 Å². The Bertz CT molecular complexity index is 495. The molecule has 1 aromatic rings. The minimum Gasteiger partial charge on any atom is -0.454 e. The molecule has 3 rings (SSSR count). The smallest absolute Gasteiger partial charge is 0.231 e. The van der Waals surface area contributed by atoms with Gasteiger partial charge in [-0.2, -0.15) is 0 Å². The van der Waals surface area contributed by atoms with Crippen LogP contribution in [0.1, 0.15) is 31.4 Å². The molecule has 1 saturated heterocycles. The van der Waals surface area contributed by atoms with Crippen LogP contribution in [-0.2, 0) is 0 Å². The van der Waals surface area contributed by atoms with Gasteiger partial charge in [-0.25, -0.2) is 0 Å². The van der Waals surface area contributed by atoms with E-state index in [0.717, 1.165) is 35.0 Å². The molecule has 1 fully saturated rings. The molecule has 20 heavy (non-hydrogen) atoms. The van der Waals surface area contributed by atoms with Crippen molar-refractivity contribution in [1.82, 2.24) is 4.90 Å². The SMILES string of the molecule is CC1CCCN(C(CN)c2cc(Br)c3c(c2)OCO3)C1. The number of hydrogen-bond acceptors (Lipinski definition) is 4. The monoisotopic (exact) mass is 340 g/mol. The first kappa shape index (κ1) is 14.2. The van der Waals surface area contributed by atoms with Crippen molar-refractivity contribution in [3.63, 3.8) is 0 Å². The van der Waals surface area contributed by atoms with Crippen LogP contribution in [0.3, 0.4) is 0 Å².